The lowest BCUT2D eigenvalue weighted by Gasteiger charge is -2.55. The molecule has 5 amide bonds. The minimum Gasteiger partial charge on any atom is -0.441 e. The van der Waals surface area contributed by atoms with E-state index in [-0.39, 0.29) is 42.1 Å². The van der Waals surface area contributed by atoms with Gasteiger partial charge in [-0.3, -0.25) is 25.1 Å². The van der Waals surface area contributed by atoms with Crippen molar-refractivity contribution >= 4 is 58.0 Å². The Labute approximate surface area is 215 Å². The fourth-order valence-corrected chi connectivity index (χ4v) is 6.46. The number of anilines is 2. The first-order chi connectivity index (χ1) is 17.6. The second-order valence-electron chi connectivity index (χ2n) is 9.79. The average Bonchev–Trinajstić information content (AvgIpc) is 3.40. The van der Waals surface area contributed by atoms with Gasteiger partial charge in [0.05, 0.1) is 42.5 Å². The first-order valence-electron chi connectivity index (χ1n) is 11.8. The molecule has 3 fully saturated rings. The Morgan fingerprint density at radius 1 is 1.19 bits per heavy atom. The zero-order valence-corrected chi connectivity index (χ0v) is 21.0. The molecule has 0 radical (unpaired) electrons. The van der Waals surface area contributed by atoms with Gasteiger partial charge in [0, 0.05) is 13.7 Å². The molecule has 14 heteroatoms. The lowest BCUT2D eigenvalue weighted by Crippen LogP contribution is -2.75. The molecule has 0 aliphatic carbocycles. The zero-order chi connectivity index (χ0) is 26.2. The summed E-state index contributed by atoms with van der Waals surface area (Å²) in [5, 5.41) is 9.28. The van der Waals surface area contributed by atoms with E-state index in [4.69, 9.17) is 30.3 Å². The van der Waals surface area contributed by atoms with Crippen LogP contribution in [-0.4, -0.2) is 80.3 Å². The fourth-order valence-electron chi connectivity index (χ4n) is 6.10. The smallest absolute Gasteiger partial charge is 0.416 e. The van der Waals surface area contributed by atoms with E-state index in [1.165, 1.54) is 12.0 Å². The number of halogens is 1. The molecule has 196 valence electrons. The number of benzene rings is 1. The lowest BCUT2D eigenvalue weighted by atomic mass is 9.66. The van der Waals surface area contributed by atoms with Crippen LogP contribution in [0.15, 0.2) is 10.6 Å². The Balaban J connectivity index is 1.52. The average molecular weight is 534 g/mol. The number of urea groups is 1. The molecular weight excluding hydrogens is 510 g/mol. The van der Waals surface area contributed by atoms with Gasteiger partial charge in [-0.2, -0.15) is 0 Å². The maximum absolute atomic E-state index is 13.4. The topological polar surface area (TPSA) is 153 Å². The van der Waals surface area contributed by atoms with Gasteiger partial charge in [0.15, 0.2) is 16.8 Å². The van der Waals surface area contributed by atoms with Gasteiger partial charge >= 0.3 is 12.1 Å². The van der Waals surface area contributed by atoms with Crippen LogP contribution in [0.2, 0.25) is 5.02 Å². The molecule has 0 saturated carbocycles. The first kappa shape index (κ1) is 23.9. The Morgan fingerprint density at radius 2 is 1.92 bits per heavy atom. The largest absolute Gasteiger partial charge is 0.441 e. The summed E-state index contributed by atoms with van der Waals surface area (Å²) in [7, 11) is 1.51. The number of morpholine rings is 1. The second-order valence-corrected chi connectivity index (χ2v) is 10.2. The van der Waals surface area contributed by atoms with Crippen molar-refractivity contribution < 1.29 is 37.9 Å². The molecule has 1 aromatic carbocycles. The van der Waals surface area contributed by atoms with Gasteiger partial charge in [0.25, 0.3) is 0 Å². The predicted octanol–water partition coefficient (Wildman–Crippen LogP) is 1.34. The summed E-state index contributed by atoms with van der Waals surface area (Å²) in [6, 6.07) is 0.104. The number of carbonyl (C=O) groups is 4. The number of nitrogens with one attached hydrogen (secondary N) is 2. The third kappa shape index (κ3) is 3.33. The molecule has 5 heterocycles. The molecule has 4 atom stereocenters. The normalized spacial score (nSPS) is 28.8. The van der Waals surface area contributed by atoms with E-state index < -0.39 is 47.6 Å². The molecule has 2 aromatic rings. The standard InChI is InChI=1S/C23H24ClN5O8/c1-9-6-28-15-11(5-23(17(28)10(2)35-9)19(30)25-21(32)26-20(23)31)4-13-16(14(15)24)37-27-18(13)29-7-12(8-34-3)36-22(29)33/h4,9-10,12,17H,5-8H2,1-3H3,(H2,25,26,30,31,32)/t9-,10+,12+,17-/m1/s1. The van der Waals surface area contributed by atoms with Crippen molar-refractivity contribution in [1.82, 2.24) is 15.8 Å². The number of aromatic nitrogens is 1. The van der Waals surface area contributed by atoms with Crippen LogP contribution in [0.1, 0.15) is 19.4 Å². The van der Waals surface area contributed by atoms with Gasteiger partial charge < -0.3 is 23.6 Å². The number of ether oxygens (including phenoxy) is 3. The van der Waals surface area contributed by atoms with Gasteiger partial charge in [-0.15, -0.1) is 0 Å². The van der Waals surface area contributed by atoms with Crippen molar-refractivity contribution in [3.63, 3.8) is 0 Å². The van der Waals surface area contributed by atoms with E-state index >= 15 is 0 Å². The van der Waals surface area contributed by atoms with Gasteiger partial charge in [0.2, 0.25) is 11.8 Å². The molecule has 6 rings (SSSR count). The molecule has 2 N–H and O–H groups in total. The second kappa shape index (κ2) is 8.30. The molecule has 4 aliphatic rings. The van der Waals surface area contributed by atoms with Gasteiger partial charge in [0.1, 0.15) is 11.1 Å². The van der Waals surface area contributed by atoms with Crippen LogP contribution < -0.4 is 20.4 Å². The van der Waals surface area contributed by atoms with E-state index in [1.54, 1.807) is 13.0 Å². The number of rotatable bonds is 3. The highest BCUT2D eigenvalue weighted by molar-refractivity contribution is 6.38. The zero-order valence-electron chi connectivity index (χ0n) is 20.2. The summed E-state index contributed by atoms with van der Waals surface area (Å²) < 4.78 is 22.1. The van der Waals surface area contributed by atoms with Gasteiger partial charge in [-0.25, -0.2) is 9.59 Å². The summed E-state index contributed by atoms with van der Waals surface area (Å²) in [5.41, 5.74) is -0.244. The number of imide groups is 2. The minimum absolute atomic E-state index is 0.0620. The van der Waals surface area contributed by atoms with Crippen molar-refractivity contribution in [3.8, 4) is 0 Å². The van der Waals surface area contributed by atoms with Crippen LogP contribution in [0.25, 0.3) is 11.0 Å². The SMILES string of the molecule is COC[C@@H]1CN(c2noc3c(Cl)c4c(cc23)CC2(C(=O)NC(=O)NC2=O)[C@H]2[C@H](C)O[C@H](C)CN42)C(=O)O1. The van der Waals surface area contributed by atoms with Crippen molar-refractivity contribution in [2.24, 2.45) is 5.41 Å². The summed E-state index contributed by atoms with van der Waals surface area (Å²) >= 11 is 6.91. The Kier molecular flexibility index (Phi) is 5.37. The number of nitrogens with zero attached hydrogens (tertiary/aromatic N) is 3. The van der Waals surface area contributed by atoms with Crippen molar-refractivity contribution in [3.05, 3.63) is 16.7 Å². The molecule has 4 aliphatic heterocycles. The maximum atomic E-state index is 13.4. The molecule has 1 spiro atoms. The van der Waals surface area contributed by atoms with Crippen LogP contribution in [0.3, 0.4) is 0 Å². The van der Waals surface area contributed by atoms with Crippen molar-refractivity contribution in [1.29, 1.82) is 0 Å². The monoisotopic (exact) mass is 533 g/mol. The number of methoxy groups -OCH3 is 1. The summed E-state index contributed by atoms with van der Waals surface area (Å²) in [5.74, 6) is -1.21. The summed E-state index contributed by atoms with van der Waals surface area (Å²) in [6.07, 6.45) is -1.93. The van der Waals surface area contributed by atoms with Crippen molar-refractivity contribution in [2.45, 2.75) is 44.6 Å². The number of amides is 5. The number of hydrogen-bond donors (Lipinski definition) is 2. The van der Waals surface area contributed by atoms with Crippen LogP contribution in [-0.2, 0) is 30.2 Å². The quantitative estimate of drug-likeness (QED) is 0.553. The maximum Gasteiger partial charge on any atom is 0.416 e. The van der Waals surface area contributed by atoms with Crippen molar-refractivity contribution in [2.75, 3.05) is 36.6 Å². The molecule has 0 unspecified atom stereocenters. The number of cyclic esters (lactones) is 1. The molecular formula is C23H24ClN5O8. The van der Waals surface area contributed by atoms with Crippen LogP contribution in [0.5, 0.6) is 0 Å². The van der Waals surface area contributed by atoms with E-state index in [0.29, 0.717) is 23.2 Å². The molecule has 13 nitrogen and oxygen atoms in total. The molecule has 37 heavy (non-hydrogen) atoms. The fraction of sp³-hybridized carbons (Fsp3) is 0.522. The number of barbiturate groups is 1. The summed E-state index contributed by atoms with van der Waals surface area (Å²) in [4.78, 5) is 54.5. The molecule has 3 saturated heterocycles. The number of fused-ring (bicyclic) bond motifs is 5. The number of hydrogen-bond acceptors (Lipinski definition) is 10. The number of carbonyl (C=O) groups excluding carboxylic acids is 4. The molecule has 1 aromatic heterocycles. The lowest BCUT2D eigenvalue weighted by molar-refractivity contribution is -0.153. The Hall–Kier alpha value is -3.42. The van der Waals surface area contributed by atoms with Crippen LogP contribution in [0.4, 0.5) is 21.1 Å². The Bertz CT molecular complexity index is 1340. The highest BCUT2D eigenvalue weighted by Gasteiger charge is 2.63. The van der Waals surface area contributed by atoms with Gasteiger partial charge in [-0.05, 0) is 31.9 Å². The van der Waals surface area contributed by atoms with Crippen LogP contribution in [0, 0.1) is 5.41 Å². The first-order valence-corrected chi connectivity index (χ1v) is 12.2. The highest BCUT2D eigenvalue weighted by atomic mass is 35.5. The molecule has 0 bridgehead atoms. The highest BCUT2D eigenvalue weighted by Crippen LogP contribution is 2.51. The predicted molar refractivity (Wildman–Crippen MR) is 127 cm³/mol. The van der Waals surface area contributed by atoms with Gasteiger partial charge in [-0.1, -0.05) is 16.8 Å². The van der Waals surface area contributed by atoms with Crippen LogP contribution >= 0.6 is 11.6 Å². The Morgan fingerprint density at radius 3 is 2.62 bits per heavy atom. The van der Waals surface area contributed by atoms with E-state index in [9.17, 15) is 19.2 Å². The summed E-state index contributed by atoms with van der Waals surface area (Å²) in [6.45, 7) is 4.41. The third-order valence-electron chi connectivity index (χ3n) is 7.43. The third-order valence-corrected chi connectivity index (χ3v) is 7.78. The van der Waals surface area contributed by atoms with E-state index in [1.807, 2.05) is 11.8 Å². The van der Waals surface area contributed by atoms with E-state index in [2.05, 4.69) is 15.8 Å². The van der Waals surface area contributed by atoms with E-state index in [0.717, 1.165) is 0 Å². The minimum atomic E-state index is -1.66.